The number of methoxy groups -OCH3 is 1. The van der Waals surface area contributed by atoms with Crippen molar-refractivity contribution in [2.75, 3.05) is 19.0 Å². The Balaban J connectivity index is 2.25. The van der Waals surface area contributed by atoms with Crippen molar-refractivity contribution >= 4 is 27.6 Å². The number of anilines is 1. The van der Waals surface area contributed by atoms with Gasteiger partial charge in [0.05, 0.1) is 13.2 Å². The van der Waals surface area contributed by atoms with Crippen LogP contribution in [0.5, 0.6) is 0 Å². The highest BCUT2D eigenvalue weighted by molar-refractivity contribution is 9.10. The number of carbonyl (C=O) groups is 1. The molecule has 0 aliphatic heterocycles. The molecule has 0 amide bonds. The van der Waals surface area contributed by atoms with Crippen LogP contribution < -0.4 is 5.32 Å². The topological polar surface area (TPSA) is 58.6 Å². The van der Waals surface area contributed by atoms with E-state index in [1.807, 2.05) is 24.3 Å². The molecule has 0 spiro atoms. The van der Waals surface area contributed by atoms with E-state index >= 15 is 0 Å². The molecule has 1 atom stereocenters. The summed E-state index contributed by atoms with van der Waals surface area (Å²) in [7, 11) is 1.34. The van der Waals surface area contributed by atoms with Crippen molar-refractivity contribution in [2.24, 2.45) is 0 Å². The third-order valence-electron chi connectivity index (χ3n) is 2.30. The normalized spacial score (nSPS) is 11.9. The number of rotatable bonds is 6. The molecule has 1 aromatic carbocycles. The number of halogens is 1. The van der Waals surface area contributed by atoms with E-state index in [1.54, 1.807) is 0 Å². The lowest BCUT2D eigenvalue weighted by molar-refractivity contribution is -0.141. The van der Waals surface area contributed by atoms with Crippen molar-refractivity contribution < 1.29 is 14.6 Å². The Morgan fingerprint density at radius 2 is 2.12 bits per heavy atom. The Labute approximate surface area is 109 Å². The van der Waals surface area contributed by atoms with Crippen molar-refractivity contribution in [3.8, 4) is 0 Å². The van der Waals surface area contributed by atoms with Gasteiger partial charge in [-0.05, 0) is 30.7 Å². The minimum Gasteiger partial charge on any atom is -0.469 e. The van der Waals surface area contributed by atoms with Crippen molar-refractivity contribution in [1.82, 2.24) is 0 Å². The Morgan fingerprint density at radius 3 is 2.71 bits per heavy atom. The van der Waals surface area contributed by atoms with Gasteiger partial charge in [0, 0.05) is 23.1 Å². The first-order valence-corrected chi connectivity index (χ1v) is 6.15. The SMILES string of the molecule is COC(=O)CCC(O)CNc1ccc(Br)cc1. The van der Waals surface area contributed by atoms with Crippen molar-refractivity contribution in [2.45, 2.75) is 18.9 Å². The lowest BCUT2D eigenvalue weighted by Crippen LogP contribution is -2.20. The van der Waals surface area contributed by atoms with Gasteiger partial charge in [0.1, 0.15) is 0 Å². The Kier molecular flexibility index (Phi) is 6.00. The molecule has 0 radical (unpaired) electrons. The van der Waals surface area contributed by atoms with Gasteiger partial charge in [-0.25, -0.2) is 0 Å². The smallest absolute Gasteiger partial charge is 0.305 e. The highest BCUT2D eigenvalue weighted by atomic mass is 79.9. The molecule has 5 heteroatoms. The second kappa shape index (κ2) is 7.29. The molecule has 0 bridgehead atoms. The molecule has 2 N–H and O–H groups in total. The van der Waals surface area contributed by atoms with Gasteiger partial charge >= 0.3 is 5.97 Å². The summed E-state index contributed by atoms with van der Waals surface area (Å²) in [4.78, 5) is 10.9. The predicted molar refractivity (Wildman–Crippen MR) is 69.9 cm³/mol. The first-order valence-electron chi connectivity index (χ1n) is 5.36. The van der Waals surface area contributed by atoms with Gasteiger partial charge in [0.15, 0.2) is 0 Å². The second-order valence-electron chi connectivity index (χ2n) is 3.66. The first kappa shape index (κ1) is 14.0. The molecular weight excluding hydrogens is 286 g/mol. The highest BCUT2D eigenvalue weighted by Gasteiger charge is 2.07. The summed E-state index contributed by atoms with van der Waals surface area (Å²) in [6.45, 7) is 0.415. The van der Waals surface area contributed by atoms with Gasteiger partial charge < -0.3 is 15.2 Å². The van der Waals surface area contributed by atoms with Crippen LogP contribution in [0.25, 0.3) is 0 Å². The van der Waals surface area contributed by atoms with Crippen LogP contribution >= 0.6 is 15.9 Å². The van der Waals surface area contributed by atoms with Crippen molar-refractivity contribution in [1.29, 1.82) is 0 Å². The largest absolute Gasteiger partial charge is 0.469 e. The molecule has 1 aromatic rings. The second-order valence-corrected chi connectivity index (χ2v) is 4.57. The number of aliphatic hydroxyl groups excluding tert-OH is 1. The summed E-state index contributed by atoms with van der Waals surface area (Å²) in [6.07, 6.45) is 0.0772. The summed E-state index contributed by atoms with van der Waals surface area (Å²) < 4.78 is 5.51. The number of hydrogen-bond acceptors (Lipinski definition) is 4. The van der Waals surface area contributed by atoms with Crippen LogP contribution in [0.2, 0.25) is 0 Å². The molecular formula is C12H16BrNO3. The molecule has 4 nitrogen and oxygen atoms in total. The van der Waals surface area contributed by atoms with Crippen LogP contribution in [0.3, 0.4) is 0 Å². The van der Waals surface area contributed by atoms with Crippen LogP contribution in [0.15, 0.2) is 28.7 Å². The molecule has 0 saturated carbocycles. The minimum absolute atomic E-state index is 0.236. The first-order chi connectivity index (χ1) is 8.11. The summed E-state index contributed by atoms with van der Waals surface area (Å²) in [5.74, 6) is -0.298. The highest BCUT2D eigenvalue weighted by Crippen LogP contribution is 2.14. The maximum Gasteiger partial charge on any atom is 0.305 e. The zero-order valence-corrected chi connectivity index (χ0v) is 11.2. The molecule has 94 valence electrons. The zero-order chi connectivity index (χ0) is 12.7. The molecule has 0 heterocycles. The Morgan fingerprint density at radius 1 is 1.47 bits per heavy atom. The molecule has 0 fully saturated rings. The van der Waals surface area contributed by atoms with Gasteiger partial charge in [-0.15, -0.1) is 0 Å². The monoisotopic (exact) mass is 301 g/mol. The van der Waals surface area contributed by atoms with E-state index in [0.29, 0.717) is 13.0 Å². The molecule has 1 unspecified atom stereocenters. The third-order valence-corrected chi connectivity index (χ3v) is 2.82. The summed E-state index contributed by atoms with van der Waals surface area (Å²) >= 11 is 3.35. The van der Waals surface area contributed by atoms with Crippen LogP contribution in [0.4, 0.5) is 5.69 Å². The van der Waals surface area contributed by atoms with Crippen molar-refractivity contribution in [3.63, 3.8) is 0 Å². The van der Waals surface area contributed by atoms with E-state index in [9.17, 15) is 9.90 Å². The lowest BCUT2D eigenvalue weighted by atomic mass is 10.2. The number of nitrogens with one attached hydrogen (secondary N) is 1. The van der Waals surface area contributed by atoms with Gasteiger partial charge in [-0.3, -0.25) is 4.79 Å². The Bertz CT molecular complexity index is 353. The van der Waals surface area contributed by atoms with E-state index in [0.717, 1.165) is 10.2 Å². The van der Waals surface area contributed by atoms with Crippen molar-refractivity contribution in [3.05, 3.63) is 28.7 Å². The average Bonchev–Trinajstić information content (AvgIpc) is 2.35. The lowest BCUT2D eigenvalue weighted by Gasteiger charge is -2.12. The summed E-state index contributed by atoms with van der Waals surface area (Å²) in [5.41, 5.74) is 0.935. The van der Waals surface area contributed by atoms with Gasteiger partial charge in [0.2, 0.25) is 0 Å². The summed E-state index contributed by atoms with van der Waals surface area (Å²) in [6, 6.07) is 7.67. The molecule has 0 saturated heterocycles. The fraction of sp³-hybridized carbons (Fsp3) is 0.417. The standard InChI is InChI=1S/C12H16BrNO3/c1-17-12(16)7-6-11(15)8-14-10-4-2-9(13)3-5-10/h2-5,11,14-15H,6-8H2,1H3. The maximum absolute atomic E-state index is 10.9. The predicted octanol–water partition coefficient (Wildman–Crippen LogP) is 2.18. The van der Waals surface area contributed by atoms with E-state index < -0.39 is 6.10 Å². The maximum atomic E-state index is 10.9. The molecule has 0 aromatic heterocycles. The van der Waals surface area contributed by atoms with Crippen LogP contribution in [-0.2, 0) is 9.53 Å². The van der Waals surface area contributed by atoms with Gasteiger partial charge in [-0.2, -0.15) is 0 Å². The molecule has 1 rings (SSSR count). The summed E-state index contributed by atoms with van der Waals surface area (Å²) in [5, 5.41) is 12.7. The van der Waals surface area contributed by atoms with E-state index in [-0.39, 0.29) is 12.4 Å². The average molecular weight is 302 g/mol. The minimum atomic E-state index is -0.558. The fourth-order valence-electron chi connectivity index (χ4n) is 1.29. The number of esters is 1. The molecule has 17 heavy (non-hydrogen) atoms. The van der Waals surface area contributed by atoms with Crippen LogP contribution in [0, 0.1) is 0 Å². The number of ether oxygens (including phenoxy) is 1. The van der Waals surface area contributed by atoms with Gasteiger partial charge in [0.25, 0.3) is 0 Å². The molecule has 0 aliphatic carbocycles. The van der Waals surface area contributed by atoms with E-state index in [4.69, 9.17) is 0 Å². The van der Waals surface area contributed by atoms with E-state index in [1.165, 1.54) is 7.11 Å². The Hall–Kier alpha value is -1.07. The van der Waals surface area contributed by atoms with Gasteiger partial charge in [-0.1, -0.05) is 15.9 Å². The fourth-order valence-corrected chi connectivity index (χ4v) is 1.56. The quantitative estimate of drug-likeness (QED) is 0.791. The number of aliphatic hydroxyl groups is 1. The zero-order valence-electron chi connectivity index (χ0n) is 9.65. The number of carbonyl (C=O) groups excluding carboxylic acids is 1. The van der Waals surface area contributed by atoms with Crippen LogP contribution in [-0.4, -0.2) is 30.8 Å². The number of hydrogen-bond donors (Lipinski definition) is 2. The van der Waals surface area contributed by atoms with Crippen LogP contribution in [0.1, 0.15) is 12.8 Å². The molecule has 0 aliphatic rings. The number of benzene rings is 1. The van der Waals surface area contributed by atoms with E-state index in [2.05, 4.69) is 26.0 Å². The third kappa shape index (κ3) is 5.70.